The fraction of sp³-hybridized carbons (Fsp3) is 0.176. The topological polar surface area (TPSA) is 38.7 Å². The first-order chi connectivity index (χ1) is 11.7. The van der Waals surface area contributed by atoms with Crippen molar-refractivity contribution in [3.8, 4) is 0 Å². The number of hydrogen-bond donors (Lipinski definition) is 0. The summed E-state index contributed by atoms with van der Waals surface area (Å²) >= 11 is 0. The Labute approximate surface area is 139 Å². The molecule has 0 aliphatic rings. The number of ether oxygens (including phenoxy) is 1. The van der Waals surface area contributed by atoms with Gasteiger partial charge >= 0.3 is 6.36 Å². The fourth-order valence-corrected chi connectivity index (χ4v) is 2.10. The van der Waals surface area contributed by atoms with Crippen LogP contribution in [0.25, 0.3) is 0 Å². The fourth-order valence-electron chi connectivity index (χ4n) is 2.10. The number of hydrogen-bond acceptors (Lipinski definition) is 2. The van der Waals surface area contributed by atoms with Gasteiger partial charge in [-0.2, -0.15) is 4.99 Å². The molecule has 0 saturated carbocycles. The Hall–Kier alpha value is -2.77. The zero-order valence-electron chi connectivity index (χ0n) is 12.9. The lowest BCUT2D eigenvalue weighted by Crippen LogP contribution is -2.22. The van der Waals surface area contributed by atoms with Gasteiger partial charge in [0.1, 0.15) is 11.6 Å². The summed E-state index contributed by atoms with van der Waals surface area (Å²) in [6.07, 6.45) is -4.74. The second kappa shape index (κ2) is 7.42. The van der Waals surface area contributed by atoms with Crippen LogP contribution >= 0.6 is 0 Å². The van der Waals surface area contributed by atoms with Gasteiger partial charge in [0.05, 0.1) is 5.56 Å². The molecule has 1 amide bonds. The Bertz CT molecular complexity index is 815. The lowest BCUT2D eigenvalue weighted by Gasteiger charge is -2.14. The number of benzene rings is 2. The molecule has 0 bridgehead atoms. The predicted molar refractivity (Wildman–Crippen MR) is 80.2 cm³/mol. The second-order valence-corrected chi connectivity index (χ2v) is 4.90. The number of carbonyl (C=O) groups is 1. The molecule has 0 aliphatic carbocycles. The number of rotatable bonds is 3. The monoisotopic (exact) mass is 357 g/mol. The molecular weight excluding hydrogens is 345 g/mol. The highest BCUT2D eigenvalue weighted by atomic mass is 19.4. The van der Waals surface area contributed by atoms with Gasteiger partial charge in [-0.15, -0.1) is 13.2 Å². The second-order valence-electron chi connectivity index (χ2n) is 4.90. The van der Waals surface area contributed by atoms with E-state index in [1.54, 1.807) is 19.1 Å². The van der Waals surface area contributed by atoms with E-state index >= 15 is 0 Å². The van der Waals surface area contributed by atoms with Crippen LogP contribution in [0, 0.1) is 11.6 Å². The number of carbonyl (C=O) groups excluding carboxylic acids is 1. The maximum Gasteiger partial charge on any atom is 0.574 e. The Kier molecular flexibility index (Phi) is 5.51. The highest BCUT2D eigenvalue weighted by Crippen LogP contribution is 2.22. The van der Waals surface area contributed by atoms with Crippen molar-refractivity contribution in [1.82, 2.24) is 0 Å². The maximum absolute atomic E-state index is 13.6. The average molecular weight is 357 g/mol. The molecule has 0 heterocycles. The zero-order valence-corrected chi connectivity index (χ0v) is 12.9. The number of amides is 1. The van der Waals surface area contributed by atoms with Crippen LogP contribution in [0.5, 0.6) is 0 Å². The van der Waals surface area contributed by atoms with Gasteiger partial charge in [-0.1, -0.05) is 25.1 Å². The summed E-state index contributed by atoms with van der Waals surface area (Å²) < 4.78 is 68.4. The molecule has 2 aromatic carbocycles. The SMILES string of the molecule is CCc1ccccc1C(=NC(=O)c1ccc(F)cc1F)OC(F)(F)F. The molecule has 132 valence electrons. The molecule has 2 aromatic rings. The number of halogens is 5. The predicted octanol–water partition coefficient (Wildman–Crippen LogP) is 4.65. The normalized spacial score (nSPS) is 12.2. The molecule has 0 aromatic heterocycles. The van der Waals surface area contributed by atoms with Gasteiger partial charge in [-0.3, -0.25) is 4.79 Å². The third-order valence-electron chi connectivity index (χ3n) is 3.21. The summed E-state index contributed by atoms with van der Waals surface area (Å²) in [5.74, 6) is -4.48. The number of aryl methyl sites for hydroxylation is 1. The van der Waals surface area contributed by atoms with E-state index in [0.717, 1.165) is 12.1 Å². The van der Waals surface area contributed by atoms with E-state index < -0.39 is 35.4 Å². The van der Waals surface area contributed by atoms with Crippen LogP contribution in [0.15, 0.2) is 47.5 Å². The largest absolute Gasteiger partial charge is 0.574 e. The molecule has 2 rings (SSSR count). The minimum atomic E-state index is -5.10. The third kappa shape index (κ3) is 4.85. The molecule has 0 aliphatic heterocycles. The lowest BCUT2D eigenvalue weighted by atomic mass is 10.1. The summed E-state index contributed by atoms with van der Waals surface area (Å²) in [5.41, 5.74) is -0.255. The van der Waals surface area contributed by atoms with Crippen molar-refractivity contribution >= 4 is 11.8 Å². The van der Waals surface area contributed by atoms with Gasteiger partial charge in [0, 0.05) is 11.6 Å². The molecule has 8 heteroatoms. The molecule has 0 fully saturated rings. The molecule has 3 nitrogen and oxygen atoms in total. The van der Waals surface area contributed by atoms with E-state index in [2.05, 4.69) is 9.73 Å². The first kappa shape index (κ1) is 18.6. The third-order valence-corrected chi connectivity index (χ3v) is 3.21. The summed E-state index contributed by atoms with van der Waals surface area (Å²) in [6, 6.07) is 7.95. The van der Waals surface area contributed by atoms with Crippen LogP contribution in [-0.2, 0) is 11.2 Å². The van der Waals surface area contributed by atoms with Crippen LogP contribution in [0.1, 0.15) is 28.4 Å². The molecule has 25 heavy (non-hydrogen) atoms. The van der Waals surface area contributed by atoms with Crippen molar-refractivity contribution in [2.45, 2.75) is 19.7 Å². The molecule has 0 N–H and O–H groups in total. The Morgan fingerprint density at radius 1 is 1.08 bits per heavy atom. The van der Waals surface area contributed by atoms with Gasteiger partial charge in [0.15, 0.2) is 0 Å². The average Bonchev–Trinajstić information content (AvgIpc) is 2.52. The van der Waals surface area contributed by atoms with Crippen LogP contribution in [0.4, 0.5) is 22.0 Å². The van der Waals surface area contributed by atoms with Crippen molar-refractivity contribution in [3.63, 3.8) is 0 Å². The quantitative estimate of drug-likeness (QED) is 0.456. The first-order valence-electron chi connectivity index (χ1n) is 7.13. The molecule has 0 unspecified atom stereocenters. The van der Waals surface area contributed by atoms with Gasteiger partial charge in [-0.25, -0.2) is 8.78 Å². The van der Waals surface area contributed by atoms with Crippen molar-refractivity contribution in [1.29, 1.82) is 0 Å². The minimum absolute atomic E-state index is 0.0433. The molecular formula is C17H12F5NO2. The van der Waals surface area contributed by atoms with E-state index in [9.17, 15) is 26.7 Å². The minimum Gasteiger partial charge on any atom is -0.387 e. The maximum atomic E-state index is 13.6. The van der Waals surface area contributed by atoms with Crippen molar-refractivity contribution < 1.29 is 31.5 Å². The van der Waals surface area contributed by atoms with E-state index in [1.807, 2.05) is 0 Å². The standard InChI is InChI=1S/C17H12F5NO2/c1-2-10-5-3-4-6-12(10)16(25-17(20,21)22)23-15(24)13-8-7-11(18)9-14(13)19/h3-9H,2H2,1H3. The molecule has 0 saturated heterocycles. The number of alkyl halides is 3. The zero-order chi connectivity index (χ0) is 18.6. The van der Waals surface area contributed by atoms with Crippen molar-refractivity contribution in [2.24, 2.45) is 4.99 Å². The number of aliphatic imine (C=N–C) groups is 1. The molecule has 0 atom stereocenters. The van der Waals surface area contributed by atoms with E-state index in [4.69, 9.17) is 0 Å². The summed E-state index contributed by atoms with van der Waals surface area (Å²) in [6.45, 7) is 1.70. The Morgan fingerprint density at radius 3 is 2.36 bits per heavy atom. The molecule has 0 spiro atoms. The highest BCUT2D eigenvalue weighted by molar-refractivity contribution is 6.07. The molecule has 0 radical (unpaired) electrons. The summed E-state index contributed by atoms with van der Waals surface area (Å²) in [5, 5.41) is 0. The summed E-state index contributed by atoms with van der Waals surface area (Å²) in [4.78, 5) is 15.3. The van der Waals surface area contributed by atoms with Crippen LogP contribution < -0.4 is 0 Å². The van der Waals surface area contributed by atoms with Gasteiger partial charge in [0.25, 0.3) is 5.91 Å². The van der Waals surface area contributed by atoms with E-state index in [0.29, 0.717) is 18.1 Å². The van der Waals surface area contributed by atoms with Crippen molar-refractivity contribution in [2.75, 3.05) is 0 Å². The highest BCUT2D eigenvalue weighted by Gasteiger charge is 2.34. The van der Waals surface area contributed by atoms with Crippen LogP contribution in [-0.4, -0.2) is 18.2 Å². The van der Waals surface area contributed by atoms with Crippen LogP contribution in [0.2, 0.25) is 0 Å². The Balaban J connectivity index is 2.51. The number of nitrogens with zero attached hydrogens (tertiary/aromatic N) is 1. The van der Waals surface area contributed by atoms with Crippen molar-refractivity contribution in [3.05, 3.63) is 70.8 Å². The van der Waals surface area contributed by atoms with Gasteiger partial charge in [-0.05, 0) is 30.2 Å². The van der Waals surface area contributed by atoms with Gasteiger partial charge in [0.2, 0.25) is 5.90 Å². The van der Waals surface area contributed by atoms with Crippen LogP contribution in [0.3, 0.4) is 0 Å². The first-order valence-corrected chi connectivity index (χ1v) is 7.13. The lowest BCUT2D eigenvalue weighted by molar-refractivity contribution is -0.283. The van der Waals surface area contributed by atoms with E-state index in [-0.39, 0.29) is 5.56 Å². The Morgan fingerprint density at radius 2 is 1.76 bits per heavy atom. The van der Waals surface area contributed by atoms with E-state index in [1.165, 1.54) is 12.1 Å². The smallest absolute Gasteiger partial charge is 0.387 e. The summed E-state index contributed by atoms with van der Waals surface area (Å²) in [7, 11) is 0. The van der Waals surface area contributed by atoms with Gasteiger partial charge < -0.3 is 4.74 Å².